The zero-order valence-corrected chi connectivity index (χ0v) is 21.1. The first-order chi connectivity index (χ1) is 16.4. The number of morpholine rings is 1. The lowest BCUT2D eigenvalue weighted by Crippen LogP contribution is -2.43. The molecule has 0 spiro atoms. The number of aryl methyl sites for hydroxylation is 1. The first-order valence-electron chi connectivity index (χ1n) is 11.9. The molecule has 180 valence electrons. The van der Waals surface area contributed by atoms with Gasteiger partial charge in [-0.05, 0) is 55.5 Å². The van der Waals surface area contributed by atoms with Crippen molar-refractivity contribution >= 4 is 44.7 Å². The van der Waals surface area contributed by atoms with Gasteiger partial charge in [0.05, 0.1) is 36.1 Å². The first kappa shape index (κ1) is 23.6. The fraction of sp³-hybridized carbons (Fsp3) is 0.444. The van der Waals surface area contributed by atoms with Crippen molar-refractivity contribution in [3.05, 3.63) is 51.6 Å². The fourth-order valence-electron chi connectivity index (χ4n) is 5.13. The fourth-order valence-corrected chi connectivity index (χ4v) is 6.47. The summed E-state index contributed by atoms with van der Waals surface area (Å²) >= 11 is 7.57. The Morgan fingerprint density at radius 2 is 2.09 bits per heavy atom. The Kier molecular flexibility index (Phi) is 6.83. The number of methoxy groups -OCH3 is 1. The standard InChI is InChI=1S/C27H29ClFNO3S/c1-16-26(21-13-23(29)22(28)14-25(21)34-16)18-7-9-24(20(12-18)27(31)32-2)30-10-11-33-19(15-30)8-6-17-4-3-5-17/h7,9,12-14,17,19H,3-6,8,10-11,15H2,1-2H3/t19-/m1/s1. The maximum absolute atomic E-state index is 14.3. The van der Waals surface area contributed by atoms with Crippen LogP contribution < -0.4 is 4.90 Å². The summed E-state index contributed by atoms with van der Waals surface area (Å²) in [6.07, 6.45) is 6.49. The summed E-state index contributed by atoms with van der Waals surface area (Å²) < 4.78 is 26.4. The van der Waals surface area contributed by atoms with Gasteiger partial charge in [0.15, 0.2) is 0 Å². The lowest BCUT2D eigenvalue weighted by Gasteiger charge is -2.36. The molecule has 1 aliphatic carbocycles. The lowest BCUT2D eigenvalue weighted by atomic mass is 9.81. The molecule has 1 saturated heterocycles. The number of fused-ring (bicyclic) bond motifs is 1. The van der Waals surface area contributed by atoms with Crippen molar-refractivity contribution in [2.24, 2.45) is 5.92 Å². The molecule has 2 aromatic carbocycles. The van der Waals surface area contributed by atoms with Crippen molar-refractivity contribution in [1.82, 2.24) is 0 Å². The van der Waals surface area contributed by atoms with Crippen molar-refractivity contribution < 1.29 is 18.7 Å². The Morgan fingerprint density at radius 1 is 1.26 bits per heavy atom. The molecule has 0 amide bonds. The quantitative estimate of drug-likeness (QED) is 0.334. The van der Waals surface area contributed by atoms with E-state index in [9.17, 15) is 9.18 Å². The third kappa shape index (κ3) is 4.56. The first-order valence-corrected chi connectivity index (χ1v) is 13.1. The highest BCUT2D eigenvalue weighted by molar-refractivity contribution is 7.19. The number of thiophene rings is 1. The highest BCUT2D eigenvalue weighted by atomic mass is 35.5. The van der Waals surface area contributed by atoms with Crippen LogP contribution in [0.4, 0.5) is 10.1 Å². The predicted octanol–water partition coefficient (Wildman–Crippen LogP) is 7.24. The van der Waals surface area contributed by atoms with Gasteiger partial charge in [0.25, 0.3) is 0 Å². The minimum absolute atomic E-state index is 0.116. The third-order valence-corrected chi connectivity index (χ3v) is 8.56. The molecule has 7 heteroatoms. The highest BCUT2D eigenvalue weighted by Gasteiger charge is 2.27. The van der Waals surface area contributed by atoms with E-state index in [0.29, 0.717) is 12.2 Å². The van der Waals surface area contributed by atoms with Gasteiger partial charge in [-0.25, -0.2) is 9.18 Å². The van der Waals surface area contributed by atoms with Gasteiger partial charge < -0.3 is 14.4 Å². The maximum Gasteiger partial charge on any atom is 0.339 e. The maximum atomic E-state index is 14.3. The second kappa shape index (κ2) is 9.84. The van der Waals surface area contributed by atoms with Crippen LogP contribution in [0.25, 0.3) is 21.2 Å². The number of esters is 1. The molecule has 0 N–H and O–H groups in total. The molecule has 0 bridgehead atoms. The molecule has 2 aliphatic rings. The molecule has 4 nitrogen and oxygen atoms in total. The summed E-state index contributed by atoms with van der Waals surface area (Å²) in [4.78, 5) is 16.1. The normalized spacial score (nSPS) is 18.8. The Bertz CT molecular complexity index is 1220. The van der Waals surface area contributed by atoms with E-state index >= 15 is 0 Å². The van der Waals surface area contributed by atoms with Crippen molar-refractivity contribution in [2.75, 3.05) is 31.7 Å². The Morgan fingerprint density at radius 3 is 2.82 bits per heavy atom. The molecule has 0 radical (unpaired) electrons. The number of hydrogen-bond donors (Lipinski definition) is 0. The molecule has 1 aliphatic heterocycles. The number of ether oxygens (including phenoxy) is 2. The summed E-state index contributed by atoms with van der Waals surface area (Å²) in [7, 11) is 1.40. The highest BCUT2D eigenvalue weighted by Crippen LogP contribution is 2.41. The van der Waals surface area contributed by atoms with E-state index in [4.69, 9.17) is 21.1 Å². The number of halogens is 2. The molecule has 2 fully saturated rings. The molecule has 5 rings (SSSR count). The zero-order chi connectivity index (χ0) is 23.8. The largest absolute Gasteiger partial charge is 0.465 e. The van der Waals surface area contributed by atoms with E-state index in [1.165, 1.54) is 38.9 Å². The van der Waals surface area contributed by atoms with E-state index in [-0.39, 0.29) is 17.1 Å². The number of rotatable bonds is 6. The molecule has 34 heavy (non-hydrogen) atoms. The molecule has 1 atom stereocenters. The molecule has 1 aromatic heterocycles. The number of benzene rings is 2. The second-order valence-corrected chi connectivity index (χ2v) is 11.0. The van der Waals surface area contributed by atoms with Gasteiger partial charge in [-0.15, -0.1) is 11.3 Å². The molecule has 3 aromatic rings. The van der Waals surface area contributed by atoms with E-state index in [1.54, 1.807) is 17.4 Å². The Balaban J connectivity index is 1.47. The summed E-state index contributed by atoms with van der Waals surface area (Å²) in [5.74, 6) is 0.0346. The number of hydrogen-bond acceptors (Lipinski definition) is 5. The van der Waals surface area contributed by atoms with Gasteiger partial charge in [-0.2, -0.15) is 0 Å². The van der Waals surface area contributed by atoms with Crippen LogP contribution in [0.3, 0.4) is 0 Å². The van der Waals surface area contributed by atoms with E-state index in [1.807, 2.05) is 25.1 Å². The van der Waals surface area contributed by atoms with Gasteiger partial charge in [0, 0.05) is 33.6 Å². The number of nitrogens with zero attached hydrogens (tertiary/aromatic N) is 1. The summed E-state index contributed by atoms with van der Waals surface area (Å²) in [5.41, 5.74) is 3.17. The lowest BCUT2D eigenvalue weighted by molar-refractivity contribution is 0.0283. The number of carbonyl (C=O) groups excluding carboxylic acids is 1. The van der Waals surface area contributed by atoms with Gasteiger partial charge in [0.1, 0.15) is 5.82 Å². The van der Waals surface area contributed by atoms with Gasteiger partial charge in [0.2, 0.25) is 0 Å². The van der Waals surface area contributed by atoms with Crippen molar-refractivity contribution in [3.63, 3.8) is 0 Å². The smallest absolute Gasteiger partial charge is 0.339 e. The van der Waals surface area contributed by atoms with Crippen LogP contribution in [-0.2, 0) is 9.47 Å². The third-order valence-electron chi connectivity index (χ3n) is 7.20. The predicted molar refractivity (Wildman–Crippen MR) is 137 cm³/mol. The van der Waals surface area contributed by atoms with Crippen LogP contribution in [0.2, 0.25) is 5.02 Å². The minimum Gasteiger partial charge on any atom is -0.465 e. The minimum atomic E-state index is -0.445. The van der Waals surface area contributed by atoms with E-state index in [2.05, 4.69) is 4.90 Å². The van der Waals surface area contributed by atoms with Crippen LogP contribution >= 0.6 is 22.9 Å². The van der Waals surface area contributed by atoms with Gasteiger partial charge in [-0.3, -0.25) is 0 Å². The average Bonchev–Trinajstić information content (AvgIpc) is 3.12. The van der Waals surface area contributed by atoms with Crippen molar-refractivity contribution in [3.8, 4) is 11.1 Å². The van der Waals surface area contributed by atoms with Crippen LogP contribution in [0.1, 0.15) is 47.3 Å². The van der Waals surface area contributed by atoms with Crippen molar-refractivity contribution in [1.29, 1.82) is 0 Å². The zero-order valence-electron chi connectivity index (χ0n) is 19.5. The number of anilines is 1. The Labute approximate surface area is 208 Å². The van der Waals surface area contributed by atoms with Gasteiger partial charge >= 0.3 is 5.97 Å². The van der Waals surface area contributed by atoms with Crippen LogP contribution in [-0.4, -0.2) is 38.9 Å². The summed E-state index contributed by atoms with van der Waals surface area (Å²) in [5, 5.41) is 0.917. The molecule has 0 unspecified atom stereocenters. The Hall–Kier alpha value is -2.15. The second-order valence-electron chi connectivity index (χ2n) is 9.33. The van der Waals surface area contributed by atoms with Gasteiger partial charge in [-0.1, -0.05) is 36.9 Å². The molecule has 1 saturated carbocycles. The average molecular weight is 502 g/mol. The summed E-state index contributed by atoms with van der Waals surface area (Å²) in [6.45, 7) is 4.14. The van der Waals surface area contributed by atoms with Crippen LogP contribution in [0.5, 0.6) is 0 Å². The molecular weight excluding hydrogens is 473 g/mol. The topological polar surface area (TPSA) is 38.8 Å². The van der Waals surface area contributed by atoms with E-state index in [0.717, 1.165) is 57.2 Å². The van der Waals surface area contributed by atoms with Crippen molar-refractivity contribution in [2.45, 2.75) is 45.1 Å². The monoisotopic (exact) mass is 501 g/mol. The van der Waals surface area contributed by atoms with E-state index < -0.39 is 5.82 Å². The molecular formula is C27H29ClFNO3S. The van der Waals surface area contributed by atoms with Crippen LogP contribution in [0, 0.1) is 18.7 Å². The SMILES string of the molecule is COC(=O)c1cc(-c2c(C)sc3cc(Cl)c(F)cc23)ccc1N1CCO[C@H](CCC2CCC2)C1. The van der Waals surface area contributed by atoms with Crippen LogP contribution in [0.15, 0.2) is 30.3 Å². The molecule has 2 heterocycles. The number of carbonyl (C=O) groups is 1. The summed E-state index contributed by atoms with van der Waals surface area (Å²) in [6, 6.07) is 9.03.